The monoisotopic (exact) mass is 275 g/mol. The maximum atomic E-state index is 13.9. The second-order valence-electron chi connectivity index (χ2n) is 4.90. The quantitative estimate of drug-likeness (QED) is 0.891. The van der Waals surface area contributed by atoms with Crippen LogP contribution in [-0.4, -0.2) is 17.1 Å². The van der Waals surface area contributed by atoms with Crippen molar-refractivity contribution in [2.45, 2.75) is 39.2 Å². The van der Waals surface area contributed by atoms with Crippen LogP contribution >= 0.6 is 12.4 Å². The molecule has 0 aliphatic heterocycles. The number of carboxylic acid groups (broad SMARTS) is 1. The summed E-state index contributed by atoms with van der Waals surface area (Å²) in [6.07, 6.45) is 0. The minimum absolute atomic E-state index is 0. The molecule has 0 radical (unpaired) electrons. The smallest absolute Gasteiger partial charge is 0.321 e. The van der Waals surface area contributed by atoms with Crippen LogP contribution in [0.5, 0.6) is 0 Å². The average molecular weight is 276 g/mol. The number of rotatable bonds is 3. The van der Waals surface area contributed by atoms with Crippen molar-refractivity contribution in [1.29, 1.82) is 0 Å². The molecule has 1 unspecified atom stereocenters. The van der Waals surface area contributed by atoms with Crippen LogP contribution in [0.2, 0.25) is 0 Å². The first kappa shape index (κ1) is 16.9. The van der Waals surface area contributed by atoms with Crippen molar-refractivity contribution in [2.75, 3.05) is 0 Å². The largest absolute Gasteiger partial charge is 0.480 e. The van der Waals surface area contributed by atoms with E-state index >= 15 is 0 Å². The van der Waals surface area contributed by atoms with Gasteiger partial charge in [0.2, 0.25) is 0 Å². The Hall–Kier alpha value is -1.13. The molecule has 3 N–H and O–H groups in total. The molecule has 0 saturated heterocycles. The zero-order chi connectivity index (χ0) is 13.4. The Kier molecular flexibility index (Phi) is 5.32. The lowest BCUT2D eigenvalue weighted by atomic mass is 9.75. The van der Waals surface area contributed by atoms with E-state index in [4.69, 9.17) is 10.8 Å². The van der Waals surface area contributed by atoms with E-state index in [1.807, 2.05) is 6.92 Å². The molecule has 0 bridgehead atoms. The molecule has 1 aromatic carbocycles. The Balaban J connectivity index is 0.00000289. The summed E-state index contributed by atoms with van der Waals surface area (Å²) in [5.41, 5.74) is 6.76. The third-order valence-corrected chi connectivity index (χ3v) is 3.37. The first-order chi connectivity index (χ1) is 7.69. The number of benzene rings is 1. The van der Waals surface area contributed by atoms with Gasteiger partial charge >= 0.3 is 5.97 Å². The van der Waals surface area contributed by atoms with Gasteiger partial charge in [0.15, 0.2) is 0 Å². The lowest BCUT2D eigenvalue weighted by Gasteiger charge is -2.31. The highest BCUT2D eigenvalue weighted by atomic mass is 35.5. The van der Waals surface area contributed by atoms with Crippen LogP contribution in [0.4, 0.5) is 4.39 Å². The average Bonchev–Trinajstić information content (AvgIpc) is 2.22. The van der Waals surface area contributed by atoms with Crippen LogP contribution in [0.15, 0.2) is 12.1 Å². The lowest BCUT2D eigenvalue weighted by molar-refractivity contribution is -0.140. The number of hydrogen-bond donors (Lipinski definition) is 2. The van der Waals surface area contributed by atoms with Crippen LogP contribution in [0.25, 0.3) is 0 Å². The van der Waals surface area contributed by atoms with Crippen LogP contribution in [-0.2, 0) is 10.2 Å². The number of carbonyl (C=O) groups is 1. The molecule has 0 aliphatic carbocycles. The molecular weight excluding hydrogens is 257 g/mol. The topological polar surface area (TPSA) is 63.3 Å². The molecule has 3 nitrogen and oxygen atoms in total. The zero-order valence-electron chi connectivity index (χ0n) is 11.0. The van der Waals surface area contributed by atoms with E-state index in [0.29, 0.717) is 5.56 Å². The molecule has 102 valence electrons. The normalized spacial score (nSPS) is 12.8. The summed E-state index contributed by atoms with van der Waals surface area (Å²) < 4.78 is 13.9. The predicted molar refractivity (Wildman–Crippen MR) is 71.8 cm³/mol. The van der Waals surface area contributed by atoms with Crippen molar-refractivity contribution in [2.24, 2.45) is 5.73 Å². The van der Waals surface area contributed by atoms with Gasteiger partial charge < -0.3 is 10.8 Å². The number of carboxylic acids is 1. The highest BCUT2D eigenvalue weighted by Crippen LogP contribution is 2.32. The third-order valence-electron chi connectivity index (χ3n) is 3.37. The Morgan fingerprint density at radius 2 is 1.89 bits per heavy atom. The highest BCUT2D eigenvalue weighted by Gasteiger charge is 2.37. The maximum absolute atomic E-state index is 13.9. The molecule has 0 aliphatic rings. The Morgan fingerprint density at radius 1 is 1.39 bits per heavy atom. The van der Waals surface area contributed by atoms with Gasteiger partial charge in [-0.3, -0.25) is 4.79 Å². The summed E-state index contributed by atoms with van der Waals surface area (Å²) in [5.74, 6) is -1.54. The fourth-order valence-electron chi connectivity index (χ4n) is 2.04. The molecule has 0 amide bonds. The lowest BCUT2D eigenvalue weighted by Crippen LogP contribution is -2.47. The zero-order valence-corrected chi connectivity index (χ0v) is 11.8. The molecule has 1 rings (SSSR count). The minimum Gasteiger partial charge on any atom is -0.480 e. The van der Waals surface area contributed by atoms with E-state index in [-0.39, 0.29) is 12.4 Å². The van der Waals surface area contributed by atoms with Crippen LogP contribution in [0, 0.1) is 19.7 Å². The molecule has 18 heavy (non-hydrogen) atoms. The van der Waals surface area contributed by atoms with Gasteiger partial charge in [-0.25, -0.2) is 4.39 Å². The van der Waals surface area contributed by atoms with Crippen molar-refractivity contribution in [3.05, 3.63) is 34.6 Å². The summed E-state index contributed by atoms with van der Waals surface area (Å²) in [7, 11) is 0. The second-order valence-corrected chi connectivity index (χ2v) is 4.90. The van der Waals surface area contributed by atoms with E-state index in [9.17, 15) is 9.18 Å². The van der Waals surface area contributed by atoms with E-state index in [1.165, 1.54) is 6.07 Å². The molecule has 0 aromatic heterocycles. The van der Waals surface area contributed by atoms with Gasteiger partial charge in [-0.1, -0.05) is 19.9 Å². The Morgan fingerprint density at radius 3 is 2.33 bits per heavy atom. The Labute approximate surface area is 113 Å². The molecule has 0 fully saturated rings. The fourth-order valence-corrected chi connectivity index (χ4v) is 2.04. The third kappa shape index (κ3) is 2.82. The predicted octanol–water partition coefficient (Wildman–Crippen LogP) is 2.55. The van der Waals surface area contributed by atoms with E-state index < -0.39 is 23.2 Å². The van der Waals surface area contributed by atoms with Crippen molar-refractivity contribution >= 4 is 18.4 Å². The van der Waals surface area contributed by atoms with Gasteiger partial charge in [0.25, 0.3) is 0 Å². The van der Waals surface area contributed by atoms with E-state index in [1.54, 1.807) is 26.8 Å². The number of halogens is 2. The maximum Gasteiger partial charge on any atom is 0.321 e. The van der Waals surface area contributed by atoms with Gasteiger partial charge in [0.05, 0.1) is 0 Å². The van der Waals surface area contributed by atoms with Crippen molar-refractivity contribution in [3.63, 3.8) is 0 Å². The van der Waals surface area contributed by atoms with Crippen LogP contribution in [0.1, 0.15) is 30.5 Å². The summed E-state index contributed by atoms with van der Waals surface area (Å²) in [6, 6.07) is 1.89. The van der Waals surface area contributed by atoms with E-state index in [0.717, 1.165) is 11.1 Å². The number of aliphatic carboxylic acids is 1. The highest BCUT2D eigenvalue weighted by molar-refractivity contribution is 5.85. The molecule has 0 heterocycles. The van der Waals surface area contributed by atoms with Gasteiger partial charge in [-0.15, -0.1) is 12.4 Å². The summed E-state index contributed by atoms with van der Waals surface area (Å²) in [5, 5.41) is 8.98. The number of hydrogen-bond acceptors (Lipinski definition) is 2. The standard InChI is InChI=1S/C13H18FNO2.ClH/c1-7-5-6-9(14)10(8(7)2)13(3,4)11(15)12(16)17;/h5-6,11H,15H2,1-4H3,(H,16,17);1H. The molecule has 1 atom stereocenters. The molecule has 0 spiro atoms. The van der Waals surface area contributed by atoms with Crippen molar-refractivity contribution < 1.29 is 14.3 Å². The van der Waals surface area contributed by atoms with Gasteiger partial charge in [0, 0.05) is 5.41 Å². The fraction of sp³-hybridized carbons (Fsp3) is 0.462. The van der Waals surface area contributed by atoms with Crippen LogP contribution < -0.4 is 5.73 Å². The first-order valence-corrected chi connectivity index (χ1v) is 5.44. The molecule has 1 aromatic rings. The Bertz CT molecular complexity index is 461. The SMILES string of the molecule is Cc1ccc(F)c(C(C)(C)C(N)C(=O)O)c1C.Cl. The number of aryl methyl sites for hydroxylation is 1. The summed E-state index contributed by atoms with van der Waals surface area (Å²) in [4.78, 5) is 11.0. The minimum atomic E-state index is -1.14. The van der Waals surface area contributed by atoms with Crippen LogP contribution in [0.3, 0.4) is 0 Å². The van der Waals surface area contributed by atoms with Crippen molar-refractivity contribution in [1.82, 2.24) is 0 Å². The van der Waals surface area contributed by atoms with Gasteiger partial charge in [0.1, 0.15) is 11.9 Å². The number of nitrogens with two attached hydrogens (primary N) is 1. The summed E-state index contributed by atoms with van der Waals surface area (Å²) in [6.45, 7) is 6.94. The van der Waals surface area contributed by atoms with E-state index in [2.05, 4.69) is 0 Å². The second kappa shape index (κ2) is 5.67. The van der Waals surface area contributed by atoms with Gasteiger partial charge in [-0.05, 0) is 36.6 Å². The molecular formula is C13H19ClFNO2. The van der Waals surface area contributed by atoms with Crippen molar-refractivity contribution in [3.8, 4) is 0 Å². The molecule has 5 heteroatoms. The van der Waals surface area contributed by atoms with Gasteiger partial charge in [-0.2, -0.15) is 0 Å². The summed E-state index contributed by atoms with van der Waals surface area (Å²) >= 11 is 0. The molecule has 0 saturated carbocycles. The first-order valence-electron chi connectivity index (χ1n) is 5.44.